The molecule has 0 bridgehead atoms. The third-order valence-electron chi connectivity index (χ3n) is 2.40. The largest absolute Gasteiger partial charge is 0.385 e. The Balaban J connectivity index is 2.11. The monoisotopic (exact) mass is 241 g/mol. The number of hydrogen-bond donors (Lipinski definition) is 1. The molecule has 0 atom stereocenters. The van der Waals surface area contributed by atoms with Crippen LogP contribution in [0.15, 0.2) is 18.2 Å². The number of nitrogens with one attached hydrogen (secondary N) is 1. The number of benzene rings is 1. The Morgan fingerprint density at radius 2 is 2.06 bits per heavy atom. The molecule has 0 radical (unpaired) electrons. The van der Waals surface area contributed by atoms with Crippen LogP contribution in [0.1, 0.15) is 12.0 Å². The van der Waals surface area contributed by atoms with Crippen LogP contribution in [0.4, 0.5) is 10.1 Å². The average molecular weight is 241 g/mol. The predicted octanol–water partition coefficient (Wildman–Crippen LogP) is 2.60. The molecule has 0 spiro atoms. The number of rotatable bonds is 8. The number of hydrogen-bond acceptors (Lipinski definition) is 3. The second-order valence-corrected chi connectivity index (χ2v) is 3.85. The molecule has 1 aromatic carbocycles. The van der Waals surface area contributed by atoms with E-state index in [0.29, 0.717) is 25.4 Å². The molecular formula is C13H20FNO2. The third kappa shape index (κ3) is 5.65. The maximum atomic E-state index is 13.2. The molecule has 0 amide bonds. The molecule has 0 saturated heterocycles. The maximum Gasteiger partial charge on any atom is 0.128 e. The van der Waals surface area contributed by atoms with Crippen LogP contribution >= 0.6 is 0 Å². The first-order valence-electron chi connectivity index (χ1n) is 5.80. The van der Waals surface area contributed by atoms with Crippen molar-refractivity contribution in [3.8, 4) is 0 Å². The van der Waals surface area contributed by atoms with Gasteiger partial charge in [-0.2, -0.15) is 0 Å². The molecule has 3 nitrogen and oxygen atoms in total. The Hall–Kier alpha value is -1.13. The van der Waals surface area contributed by atoms with Gasteiger partial charge in [0.1, 0.15) is 5.82 Å². The fourth-order valence-corrected chi connectivity index (χ4v) is 1.35. The SMILES string of the molecule is COCCOCCCNc1ccc(C)c(F)c1. The first-order valence-corrected chi connectivity index (χ1v) is 5.80. The molecule has 0 aliphatic carbocycles. The molecule has 4 heteroatoms. The Bertz CT molecular complexity index is 331. The normalized spacial score (nSPS) is 10.5. The summed E-state index contributed by atoms with van der Waals surface area (Å²) in [5.74, 6) is -0.175. The van der Waals surface area contributed by atoms with Gasteiger partial charge in [-0.25, -0.2) is 4.39 Å². The van der Waals surface area contributed by atoms with E-state index in [1.165, 1.54) is 6.07 Å². The van der Waals surface area contributed by atoms with Gasteiger partial charge >= 0.3 is 0 Å². The summed E-state index contributed by atoms with van der Waals surface area (Å²) >= 11 is 0. The molecule has 0 aromatic heterocycles. The smallest absolute Gasteiger partial charge is 0.128 e. The highest BCUT2D eigenvalue weighted by Gasteiger charge is 1.98. The van der Waals surface area contributed by atoms with Crippen LogP contribution in [0, 0.1) is 12.7 Å². The van der Waals surface area contributed by atoms with Crippen LogP contribution in [0.25, 0.3) is 0 Å². The summed E-state index contributed by atoms with van der Waals surface area (Å²) in [5, 5.41) is 3.15. The van der Waals surface area contributed by atoms with E-state index in [-0.39, 0.29) is 5.82 Å². The Kier molecular flexibility index (Phi) is 6.58. The quantitative estimate of drug-likeness (QED) is 0.710. The van der Waals surface area contributed by atoms with Crippen molar-refractivity contribution in [3.05, 3.63) is 29.6 Å². The Labute approximate surface area is 102 Å². The Morgan fingerprint density at radius 3 is 2.76 bits per heavy atom. The van der Waals surface area contributed by atoms with E-state index < -0.39 is 0 Å². The number of methoxy groups -OCH3 is 1. The van der Waals surface area contributed by atoms with Crippen LogP contribution in [-0.2, 0) is 9.47 Å². The van der Waals surface area contributed by atoms with E-state index in [1.807, 2.05) is 6.07 Å². The zero-order valence-corrected chi connectivity index (χ0v) is 10.5. The van der Waals surface area contributed by atoms with Gasteiger partial charge in [-0.05, 0) is 31.0 Å². The first kappa shape index (κ1) is 13.9. The van der Waals surface area contributed by atoms with Gasteiger partial charge in [0.2, 0.25) is 0 Å². The van der Waals surface area contributed by atoms with Crippen molar-refractivity contribution < 1.29 is 13.9 Å². The number of halogens is 1. The fourth-order valence-electron chi connectivity index (χ4n) is 1.35. The summed E-state index contributed by atoms with van der Waals surface area (Å²) in [6.45, 7) is 4.45. The molecule has 17 heavy (non-hydrogen) atoms. The lowest BCUT2D eigenvalue weighted by Crippen LogP contribution is -2.08. The van der Waals surface area contributed by atoms with Crippen molar-refractivity contribution in [1.82, 2.24) is 0 Å². The minimum absolute atomic E-state index is 0.175. The topological polar surface area (TPSA) is 30.5 Å². The number of ether oxygens (including phenoxy) is 2. The van der Waals surface area contributed by atoms with Crippen LogP contribution in [-0.4, -0.2) is 33.5 Å². The summed E-state index contributed by atoms with van der Waals surface area (Å²) < 4.78 is 23.4. The molecule has 0 unspecified atom stereocenters. The first-order chi connectivity index (χ1) is 8.24. The van der Waals surface area contributed by atoms with Crippen molar-refractivity contribution in [3.63, 3.8) is 0 Å². The molecule has 0 saturated carbocycles. The van der Waals surface area contributed by atoms with Gasteiger partial charge in [0.05, 0.1) is 13.2 Å². The van der Waals surface area contributed by atoms with Gasteiger partial charge in [0.15, 0.2) is 0 Å². The van der Waals surface area contributed by atoms with Crippen LogP contribution in [0.2, 0.25) is 0 Å². The lowest BCUT2D eigenvalue weighted by Gasteiger charge is -2.07. The summed E-state index contributed by atoms with van der Waals surface area (Å²) in [6.07, 6.45) is 0.888. The van der Waals surface area contributed by atoms with Crippen LogP contribution in [0.3, 0.4) is 0 Å². The number of anilines is 1. The van der Waals surface area contributed by atoms with Crippen LogP contribution < -0.4 is 5.32 Å². The molecule has 1 aromatic rings. The van der Waals surface area contributed by atoms with Gasteiger partial charge in [-0.3, -0.25) is 0 Å². The molecule has 0 heterocycles. The summed E-state index contributed by atoms with van der Waals surface area (Å²) in [5.41, 5.74) is 1.48. The molecule has 0 aliphatic heterocycles. The van der Waals surface area contributed by atoms with E-state index >= 15 is 0 Å². The van der Waals surface area contributed by atoms with E-state index in [4.69, 9.17) is 9.47 Å². The van der Waals surface area contributed by atoms with Crippen molar-refractivity contribution >= 4 is 5.69 Å². The molecular weight excluding hydrogens is 221 g/mol. The minimum atomic E-state index is -0.175. The van der Waals surface area contributed by atoms with E-state index in [9.17, 15) is 4.39 Å². The molecule has 0 fully saturated rings. The Morgan fingerprint density at radius 1 is 1.24 bits per heavy atom. The summed E-state index contributed by atoms with van der Waals surface area (Å²) in [7, 11) is 1.65. The van der Waals surface area contributed by atoms with Crippen molar-refractivity contribution in [1.29, 1.82) is 0 Å². The molecule has 1 rings (SSSR count). The van der Waals surface area contributed by atoms with Gasteiger partial charge in [0.25, 0.3) is 0 Å². The summed E-state index contributed by atoms with van der Waals surface area (Å²) in [4.78, 5) is 0. The number of aryl methyl sites for hydroxylation is 1. The van der Waals surface area contributed by atoms with Gasteiger partial charge in [-0.1, -0.05) is 6.07 Å². The second kappa shape index (κ2) is 8.03. The maximum absolute atomic E-state index is 13.2. The standard InChI is InChI=1S/C13H20FNO2/c1-11-4-5-12(10-13(11)14)15-6-3-7-17-9-8-16-2/h4-5,10,15H,3,6-9H2,1-2H3. The van der Waals surface area contributed by atoms with Crippen molar-refractivity contribution in [2.24, 2.45) is 0 Å². The fraction of sp³-hybridized carbons (Fsp3) is 0.538. The highest BCUT2D eigenvalue weighted by atomic mass is 19.1. The third-order valence-corrected chi connectivity index (χ3v) is 2.40. The highest BCUT2D eigenvalue weighted by molar-refractivity contribution is 5.44. The molecule has 0 aliphatic rings. The predicted molar refractivity (Wildman–Crippen MR) is 66.9 cm³/mol. The highest BCUT2D eigenvalue weighted by Crippen LogP contribution is 2.13. The molecule has 1 N–H and O–H groups in total. The lowest BCUT2D eigenvalue weighted by atomic mass is 10.2. The molecule has 96 valence electrons. The van der Waals surface area contributed by atoms with Gasteiger partial charge in [-0.15, -0.1) is 0 Å². The van der Waals surface area contributed by atoms with E-state index in [0.717, 1.165) is 18.7 Å². The zero-order valence-electron chi connectivity index (χ0n) is 10.5. The van der Waals surface area contributed by atoms with Gasteiger partial charge in [0, 0.05) is 25.9 Å². The van der Waals surface area contributed by atoms with Gasteiger partial charge < -0.3 is 14.8 Å². The van der Waals surface area contributed by atoms with E-state index in [1.54, 1.807) is 20.1 Å². The minimum Gasteiger partial charge on any atom is -0.385 e. The van der Waals surface area contributed by atoms with Crippen molar-refractivity contribution in [2.75, 3.05) is 38.8 Å². The van der Waals surface area contributed by atoms with Crippen molar-refractivity contribution in [2.45, 2.75) is 13.3 Å². The second-order valence-electron chi connectivity index (χ2n) is 3.85. The average Bonchev–Trinajstić information content (AvgIpc) is 2.32. The van der Waals surface area contributed by atoms with Crippen LogP contribution in [0.5, 0.6) is 0 Å². The zero-order chi connectivity index (χ0) is 12.5. The lowest BCUT2D eigenvalue weighted by molar-refractivity contribution is 0.0705. The van der Waals surface area contributed by atoms with E-state index in [2.05, 4.69) is 5.32 Å². The summed E-state index contributed by atoms with van der Waals surface area (Å²) in [6, 6.07) is 5.16.